The molecule has 1 N–H and O–H groups in total. The van der Waals surface area contributed by atoms with Gasteiger partial charge >= 0.3 is 0 Å². The zero-order valence-electron chi connectivity index (χ0n) is 10.3. The second kappa shape index (κ2) is 6.16. The maximum absolute atomic E-state index is 11.8. The normalized spacial score (nSPS) is 14.6. The van der Waals surface area contributed by atoms with Gasteiger partial charge in [0.25, 0.3) is 5.24 Å². The van der Waals surface area contributed by atoms with E-state index in [-0.39, 0.29) is 17.7 Å². The average Bonchev–Trinajstić information content (AvgIpc) is 2.75. The molecule has 0 aromatic heterocycles. The lowest BCUT2D eigenvalue weighted by atomic mass is 10.3. The van der Waals surface area contributed by atoms with Gasteiger partial charge in [0.05, 0.1) is 12.1 Å². The molecule has 1 heterocycles. The number of thioether (sulfide) groups is 1. The first kappa shape index (κ1) is 14.0. The first-order valence-electron chi connectivity index (χ1n) is 5.65. The molecule has 1 fully saturated rings. The number of anilines is 1. The summed E-state index contributed by atoms with van der Waals surface area (Å²) in [6.45, 7) is 0.676. The topological polar surface area (TPSA) is 58.6 Å². The van der Waals surface area contributed by atoms with Crippen molar-refractivity contribution in [2.75, 3.05) is 31.3 Å². The maximum atomic E-state index is 11.8. The molecule has 0 radical (unpaired) electrons. The zero-order valence-corrected chi connectivity index (χ0v) is 11.9. The number of hydrogen-bond donors (Lipinski definition) is 1. The molecular formula is C12H13ClN2O3S. The number of nitrogens with one attached hydrogen (secondary N) is 1. The summed E-state index contributed by atoms with van der Waals surface area (Å²) in [6, 6.07) is 4.98. The van der Waals surface area contributed by atoms with E-state index >= 15 is 0 Å². The largest absolute Gasteiger partial charge is 0.495 e. The number of halogens is 1. The van der Waals surface area contributed by atoms with Crippen LogP contribution in [0.2, 0.25) is 5.02 Å². The van der Waals surface area contributed by atoms with E-state index in [1.54, 1.807) is 18.2 Å². The monoisotopic (exact) mass is 300 g/mol. The number of amides is 2. The van der Waals surface area contributed by atoms with E-state index in [0.29, 0.717) is 23.0 Å². The summed E-state index contributed by atoms with van der Waals surface area (Å²) in [7, 11) is 1.52. The summed E-state index contributed by atoms with van der Waals surface area (Å²) in [5.74, 6) is 1.04. The van der Waals surface area contributed by atoms with E-state index in [1.807, 2.05) is 0 Å². The highest BCUT2D eigenvalue weighted by Crippen LogP contribution is 2.27. The molecule has 1 aromatic carbocycles. The van der Waals surface area contributed by atoms with Gasteiger partial charge in [0.15, 0.2) is 0 Å². The molecule has 2 amide bonds. The summed E-state index contributed by atoms with van der Waals surface area (Å²) in [5, 5.41) is 3.07. The van der Waals surface area contributed by atoms with E-state index < -0.39 is 0 Å². The quantitative estimate of drug-likeness (QED) is 0.928. The molecule has 0 aliphatic carbocycles. The smallest absolute Gasteiger partial charge is 0.282 e. The number of carbonyl (C=O) groups is 2. The van der Waals surface area contributed by atoms with Gasteiger partial charge in [-0.25, -0.2) is 0 Å². The van der Waals surface area contributed by atoms with Gasteiger partial charge in [-0.05, 0) is 18.2 Å². The van der Waals surface area contributed by atoms with Crippen LogP contribution >= 0.6 is 23.4 Å². The summed E-state index contributed by atoms with van der Waals surface area (Å²) in [6.07, 6.45) is 0. The summed E-state index contributed by atoms with van der Waals surface area (Å²) in [5.41, 5.74) is 0.579. The first-order valence-corrected chi connectivity index (χ1v) is 7.01. The van der Waals surface area contributed by atoms with Gasteiger partial charge in [0, 0.05) is 18.0 Å². The highest BCUT2D eigenvalue weighted by atomic mass is 35.5. The lowest BCUT2D eigenvalue weighted by molar-refractivity contribution is -0.116. The lowest BCUT2D eigenvalue weighted by Crippen LogP contribution is -2.33. The van der Waals surface area contributed by atoms with Gasteiger partial charge in [-0.15, -0.1) is 0 Å². The molecular weight excluding hydrogens is 288 g/mol. The Bertz CT molecular complexity index is 510. The van der Waals surface area contributed by atoms with E-state index in [2.05, 4.69) is 5.32 Å². The Balaban J connectivity index is 1.95. The van der Waals surface area contributed by atoms with Crippen LogP contribution in [0.25, 0.3) is 0 Å². The molecule has 1 aromatic rings. The molecule has 0 bridgehead atoms. The summed E-state index contributed by atoms with van der Waals surface area (Å²) in [4.78, 5) is 24.7. The molecule has 0 saturated carbocycles. The Morgan fingerprint density at radius 3 is 2.95 bits per heavy atom. The van der Waals surface area contributed by atoms with E-state index in [1.165, 1.54) is 23.8 Å². The van der Waals surface area contributed by atoms with Crippen LogP contribution in [-0.2, 0) is 4.79 Å². The van der Waals surface area contributed by atoms with Crippen molar-refractivity contribution in [1.82, 2.24) is 4.90 Å². The van der Waals surface area contributed by atoms with Crippen molar-refractivity contribution < 1.29 is 14.3 Å². The van der Waals surface area contributed by atoms with Crippen molar-refractivity contribution in [2.45, 2.75) is 0 Å². The van der Waals surface area contributed by atoms with Crippen LogP contribution in [-0.4, -0.2) is 42.0 Å². The van der Waals surface area contributed by atoms with Crippen molar-refractivity contribution in [3.63, 3.8) is 0 Å². The molecule has 5 nitrogen and oxygen atoms in total. The van der Waals surface area contributed by atoms with Crippen molar-refractivity contribution in [3.8, 4) is 5.75 Å². The number of ether oxygens (including phenoxy) is 1. The van der Waals surface area contributed by atoms with Crippen LogP contribution in [0.5, 0.6) is 5.75 Å². The number of benzene rings is 1. The minimum atomic E-state index is -0.239. The fourth-order valence-electron chi connectivity index (χ4n) is 1.69. The molecule has 102 valence electrons. The second-order valence-electron chi connectivity index (χ2n) is 3.93. The number of methoxy groups -OCH3 is 1. The number of carbonyl (C=O) groups excluding carboxylic acids is 2. The van der Waals surface area contributed by atoms with Gasteiger partial charge < -0.3 is 15.0 Å². The number of hydrogen-bond acceptors (Lipinski definition) is 4. The molecule has 1 aliphatic rings. The summed E-state index contributed by atoms with van der Waals surface area (Å²) >= 11 is 7.19. The van der Waals surface area contributed by atoms with E-state index in [4.69, 9.17) is 16.3 Å². The van der Waals surface area contributed by atoms with E-state index in [0.717, 1.165) is 5.75 Å². The molecule has 7 heteroatoms. The SMILES string of the molecule is COc1ccc(NC(=O)CN2CCSC2=O)cc1Cl. The van der Waals surface area contributed by atoms with Crippen LogP contribution in [0.1, 0.15) is 0 Å². The lowest BCUT2D eigenvalue weighted by Gasteiger charge is -2.14. The molecule has 1 aliphatic heterocycles. The molecule has 2 rings (SSSR count). The highest BCUT2D eigenvalue weighted by molar-refractivity contribution is 8.13. The van der Waals surface area contributed by atoms with Gasteiger partial charge in [-0.1, -0.05) is 23.4 Å². The predicted octanol–water partition coefficient (Wildman–Crippen LogP) is 2.46. The van der Waals surface area contributed by atoms with Crippen LogP contribution < -0.4 is 10.1 Å². The van der Waals surface area contributed by atoms with Gasteiger partial charge in [-0.3, -0.25) is 9.59 Å². The van der Waals surface area contributed by atoms with Gasteiger partial charge in [0.2, 0.25) is 5.91 Å². The molecule has 0 spiro atoms. The van der Waals surface area contributed by atoms with Crippen LogP contribution in [0.3, 0.4) is 0 Å². The van der Waals surface area contributed by atoms with Crippen molar-refractivity contribution in [2.24, 2.45) is 0 Å². The fourth-order valence-corrected chi connectivity index (χ4v) is 2.77. The summed E-state index contributed by atoms with van der Waals surface area (Å²) < 4.78 is 5.03. The van der Waals surface area contributed by atoms with Crippen LogP contribution in [0, 0.1) is 0 Å². The number of nitrogens with zero attached hydrogens (tertiary/aromatic N) is 1. The van der Waals surface area contributed by atoms with Crippen molar-refractivity contribution >= 4 is 40.2 Å². The standard InChI is InChI=1S/C12H13ClN2O3S/c1-18-10-3-2-8(6-9(10)13)14-11(16)7-15-4-5-19-12(15)17/h2-3,6H,4-5,7H2,1H3,(H,14,16). The van der Waals surface area contributed by atoms with Crippen LogP contribution in [0.4, 0.5) is 10.5 Å². The minimum Gasteiger partial charge on any atom is -0.495 e. The third kappa shape index (κ3) is 3.54. The Hall–Kier alpha value is -1.40. The highest BCUT2D eigenvalue weighted by Gasteiger charge is 2.23. The Labute approximate surface area is 120 Å². The Morgan fingerprint density at radius 2 is 2.37 bits per heavy atom. The predicted molar refractivity (Wildman–Crippen MR) is 76.1 cm³/mol. The average molecular weight is 301 g/mol. The fraction of sp³-hybridized carbons (Fsp3) is 0.333. The van der Waals surface area contributed by atoms with Gasteiger partial charge in [-0.2, -0.15) is 0 Å². The molecule has 0 unspecified atom stereocenters. The Morgan fingerprint density at radius 1 is 1.58 bits per heavy atom. The Kier molecular flexibility index (Phi) is 4.55. The minimum absolute atomic E-state index is 0.0529. The molecule has 0 atom stereocenters. The molecule has 1 saturated heterocycles. The third-order valence-corrected chi connectivity index (χ3v) is 3.80. The van der Waals surface area contributed by atoms with Gasteiger partial charge in [0.1, 0.15) is 12.3 Å². The first-order chi connectivity index (χ1) is 9.10. The zero-order chi connectivity index (χ0) is 13.8. The maximum Gasteiger partial charge on any atom is 0.282 e. The third-order valence-electron chi connectivity index (χ3n) is 2.61. The van der Waals surface area contributed by atoms with Crippen molar-refractivity contribution in [3.05, 3.63) is 23.2 Å². The number of rotatable bonds is 4. The van der Waals surface area contributed by atoms with Crippen molar-refractivity contribution in [1.29, 1.82) is 0 Å². The van der Waals surface area contributed by atoms with E-state index in [9.17, 15) is 9.59 Å². The van der Waals surface area contributed by atoms with Crippen LogP contribution in [0.15, 0.2) is 18.2 Å². The molecule has 19 heavy (non-hydrogen) atoms. The second-order valence-corrected chi connectivity index (χ2v) is 5.39.